The molecule has 5 heterocycles. The Morgan fingerprint density at radius 1 is 1.01 bits per heavy atom. The average molecular weight is 1090 g/mol. The molecule has 75 heavy (non-hydrogen) atoms. The van der Waals surface area contributed by atoms with Crippen LogP contribution in [-0.2, 0) is 30.5 Å². The van der Waals surface area contributed by atoms with Crippen molar-refractivity contribution in [1.82, 2.24) is 35.4 Å². The zero-order valence-corrected chi connectivity index (χ0v) is 45.9. The van der Waals surface area contributed by atoms with Crippen molar-refractivity contribution in [3.8, 4) is 16.2 Å². The third-order valence-corrected chi connectivity index (χ3v) is 17.5. The van der Waals surface area contributed by atoms with Gasteiger partial charge in [0.1, 0.15) is 28.7 Å². The molecule has 3 atom stereocenters. The number of carbonyl (C=O) groups is 5. The van der Waals surface area contributed by atoms with E-state index in [1.54, 1.807) is 44.7 Å². The second-order valence-electron chi connectivity index (χ2n) is 21.9. The molecule has 4 fully saturated rings. The van der Waals surface area contributed by atoms with E-state index in [-0.39, 0.29) is 62.4 Å². The summed E-state index contributed by atoms with van der Waals surface area (Å²) >= 11 is 9.65. The number of halogens is 2. The molecule has 0 bridgehead atoms. The lowest BCUT2D eigenvalue weighted by Crippen LogP contribution is -2.59. The molecular formula is C54H70ClFN10O7S2. The van der Waals surface area contributed by atoms with Crippen molar-refractivity contribution in [2.45, 2.75) is 139 Å². The predicted octanol–water partition coefficient (Wildman–Crippen LogP) is 7.32. The number of rotatable bonds is 19. The molecule has 0 radical (unpaired) electrons. The van der Waals surface area contributed by atoms with Crippen LogP contribution in [0.1, 0.15) is 103 Å². The molecule has 0 spiro atoms. The molecule has 404 valence electrons. The van der Waals surface area contributed by atoms with Crippen molar-refractivity contribution in [2.75, 3.05) is 56.1 Å². The number of aliphatic hydroxyl groups is 1. The van der Waals surface area contributed by atoms with Gasteiger partial charge in [-0.3, -0.25) is 24.0 Å². The monoisotopic (exact) mass is 1090 g/mol. The molecule has 1 aliphatic carbocycles. The van der Waals surface area contributed by atoms with Crippen LogP contribution >= 0.6 is 34.7 Å². The van der Waals surface area contributed by atoms with Crippen LogP contribution in [0.5, 0.6) is 5.75 Å². The Kier molecular flexibility index (Phi) is 17.8. The van der Waals surface area contributed by atoms with Crippen molar-refractivity contribution in [3.05, 3.63) is 70.6 Å². The van der Waals surface area contributed by atoms with E-state index in [0.29, 0.717) is 59.2 Å². The van der Waals surface area contributed by atoms with Crippen molar-refractivity contribution in [1.29, 1.82) is 0 Å². The number of piperidine rings is 2. The zero-order chi connectivity index (χ0) is 53.7. The summed E-state index contributed by atoms with van der Waals surface area (Å²) in [5, 5.41) is 20.2. The number of aliphatic hydroxyl groups excluding tert-OH is 1. The summed E-state index contributed by atoms with van der Waals surface area (Å²) in [4.78, 5) is 87.8. The second kappa shape index (κ2) is 23.9. The summed E-state index contributed by atoms with van der Waals surface area (Å²) in [6.07, 6.45) is 7.13. The zero-order valence-electron chi connectivity index (χ0n) is 43.5. The fourth-order valence-corrected chi connectivity index (χ4v) is 11.6. The van der Waals surface area contributed by atoms with Gasteiger partial charge in [-0.15, -0.1) is 11.3 Å². The van der Waals surface area contributed by atoms with Crippen LogP contribution in [0.15, 0.2) is 64.2 Å². The number of amides is 5. The minimum Gasteiger partial charge on any atom is -0.493 e. The quantitative estimate of drug-likeness (QED) is 0.0622. The lowest BCUT2D eigenvalue weighted by molar-refractivity contribution is -0.145. The fourth-order valence-electron chi connectivity index (χ4n) is 9.77. The van der Waals surface area contributed by atoms with E-state index < -0.39 is 47.0 Å². The number of hydrogen-bond donors (Lipinski definition) is 5. The number of nitrogens with two attached hydrogens (primary N) is 1. The Bertz CT molecular complexity index is 2700. The van der Waals surface area contributed by atoms with Gasteiger partial charge >= 0.3 is 0 Å². The van der Waals surface area contributed by atoms with Crippen LogP contribution in [0, 0.1) is 23.7 Å². The number of aromatic nitrogens is 3. The van der Waals surface area contributed by atoms with Gasteiger partial charge in [-0.05, 0) is 98.9 Å². The second-order valence-corrected chi connectivity index (χ2v) is 24.2. The predicted molar refractivity (Wildman–Crippen MR) is 288 cm³/mol. The first-order valence-corrected chi connectivity index (χ1v) is 28.0. The Labute approximate surface area is 451 Å². The first-order valence-electron chi connectivity index (χ1n) is 26.0. The van der Waals surface area contributed by atoms with Gasteiger partial charge in [0, 0.05) is 69.0 Å². The van der Waals surface area contributed by atoms with Crippen molar-refractivity contribution in [2.24, 2.45) is 22.5 Å². The molecule has 1 saturated carbocycles. The van der Waals surface area contributed by atoms with Crippen molar-refractivity contribution >= 4 is 75.7 Å². The number of nitrogens with one attached hydrogen (secondary N) is 3. The molecule has 4 aromatic rings. The van der Waals surface area contributed by atoms with Crippen LogP contribution < -0.4 is 31.3 Å². The number of ether oxygens (including phenoxy) is 1. The molecule has 6 N–H and O–H groups in total. The summed E-state index contributed by atoms with van der Waals surface area (Å²) in [6.45, 7) is 13.4. The fraction of sp³-hybridized carbons (Fsp3) is 0.556. The molecule has 2 aromatic heterocycles. The van der Waals surface area contributed by atoms with Gasteiger partial charge in [0.15, 0.2) is 5.67 Å². The highest BCUT2D eigenvalue weighted by molar-refractivity contribution is 7.99. The van der Waals surface area contributed by atoms with Gasteiger partial charge in [-0.2, -0.15) is 0 Å². The number of thiazole rings is 1. The maximum absolute atomic E-state index is 14.7. The minimum absolute atomic E-state index is 0.00944. The van der Waals surface area contributed by atoms with E-state index in [9.17, 15) is 33.5 Å². The number of alkyl halides is 1. The summed E-state index contributed by atoms with van der Waals surface area (Å²) in [5.41, 5.74) is 8.11. The van der Waals surface area contributed by atoms with Crippen molar-refractivity contribution in [3.63, 3.8) is 0 Å². The number of likely N-dealkylation sites (tertiary alicyclic amines) is 2. The van der Waals surface area contributed by atoms with E-state index in [0.717, 1.165) is 72.0 Å². The Balaban J connectivity index is 0.798. The molecule has 2 aromatic carbocycles. The normalized spacial score (nSPS) is 19.8. The molecule has 8 rings (SSSR count). The Hall–Kier alpha value is -5.41. The molecule has 4 aliphatic rings. The van der Waals surface area contributed by atoms with Gasteiger partial charge in [0.05, 0.1) is 51.9 Å². The largest absolute Gasteiger partial charge is 0.493 e. The number of benzene rings is 2. The summed E-state index contributed by atoms with van der Waals surface area (Å²) < 4.78 is 21.2. The maximum atomic E-state index is 14.7. The van der Waals surface area contributed by atoms with E-state index in [2.05, 4.69) is 42.7 Å². The van der Waals surface area contributed by atoms with Crippen LogP contribution in [-0.4, -0.2) is 129 Å². The lowest BCUT2D eigenvalue weighted by Gasteiger charge is -2.39. The standard InChI is InChI=1S/C54H70ClFN10O7S2/c1-33-47(74-32-61-33)35-9-10-36(27-60-49(70)39-26-37(67)30-66(39)50(71)48(52(2,3)4)63-51(72)54(56)16-17-54)40(25-35)73-24-15-34-13-20-65(21-14-34)45(69)12-11-43(68)62-38-7-6-8-41(46(38)55)75-44-29-58-42(28-59-44)64-22-18-53(5,31-57)19-23-64/h6-10,25,28-29,32,34,37,39,48,67H,11-24,26-27,30-31,57H2,1-5H3,(H,60,70)(H,62,68)(H,63,72)/t37?,39?,48-/m1/s1. The number of anilines is 2. The third-order valence-electron chi connectivity index (χ3n) is 15.0. The van der Waals surface area contributed by atoms with E-state index in [4.69, 9.17) is 22.1 Å². The first-order chi connectivity index (χ1) is 35.7. The smallest absolute Gasteiger partial charge is 0.258 e. The first kappa shape index (κ1) is 55.8. The average Bonchev–Trinajstić information content (AvgIpc) is 3.80. The highest BCUT2D eigenvalue weighted by atomic mass is 35.5. The molecule has 21 heteroatoms. The number of hydrogen-bond acceptors (Lipinski definition) is 14. The van der Waals surface area contributed by atoms with Gasteiger partial charge in [-0.25, -0.2) is 19.3 Å². The minimum atomic E-state index is -1.98. The molecule has 17 nitrogen and oxygen atoms in total. The van der Waals surface area contributed by atoms with E-state index >= 15 is 0 Å². The number of aryl methyl sites for hydroxylation is 1. The van der Waals surface area contributed by atoms with Gasteiger partial charge in [0.2, 0.25) is 23.6 Å². The molecular weight excluding hydrogens is 1020 g/mol. The van der Waals surface area contributed by atoms with Gasteiger partial charge in [0.25, 0.3) is 5.91 Å². The molecule has 3 saturated heterocycles. The molecule has 2 unspecified atom stereocenters. The van der Waals surface area contributed by atoms with E-state index in [1.165, 1.54) is 28.0 Å². The molecule has 3 aliphatic heterocycles. The van der Waals surface area contributed by atoms with Crippen LogP contribution in [0.2, 0.25) is 5.02 Å². The van der Waals surface area contributed by atoms with Gasteiger partial charge in [-0.1, -0.05) is 69.3 Å². The van der Waals surface area contributed by atoms with Crippen LogP contribution in [0.4, 0.5) is 15.9 Å². The van der Waals surface area contributed by atoms with Gasteiger partial charge < -0.3 is 46.2 Å². The SMILES string of the molecule is Cc1ncsc1-c1ccc(CNC(=O)C2CC(O)CN2C(=O)[C@@H](NC(=O)C2(F)CC2)C(C)(C)C)c(OCCC2CCN(C(=O)CCC(=O)Nc3cccc(Sc4cnc(N5CCC(C)(CN)CC5)cn4)c3Cl)CC2)c1. The topological polar surface area (TPSA) is 225 Å². The Morgan fingerprint density at radius 2 is 1.76 bits per heavy atom. The summed E-state index contributed by atoms with van der Waals surface area (Å²) in [5.74, 6) is -0.551. The number of carbonyl (C=O) groups excluding carboxylic acids is 5. The number of nitrogens with zero attached hydrogens (tertiary/aromatic N) is 6. The van der Waals surface area contributed by atoms with Crippen molar-refractivity contribution < 1.29 is 38.2 Å². The molecule has 5 amide bonds. The van der Waals surface area contributed by atoms with Crippen LogP contribution in [0.3, 0.4) is 0 Å². The summed E-state index contributed by atoms with van der Waals surface area (Å²) in [6, 6.07) is 9.07. The highest BCUT2D eigenvalue weighted by Crippen LogP contribution is 2.41. The van der Waals surface area contributed by atoms with Crippen LogP contribution in [0.25, 0.3) is 10.4 Å². The van der Waals surface area contributed by atoms with E-state index in [1.807, 2.05) is 42.2 Å². The third kappa shape index (κ3) is 14.0. The lowest BCUT2D eigenvalue weighted by atomic mass is 9.80. The highest BCUT2D eigenvalue weighted by Gasteiger charge is 2.53. The summed E-state index contributed by atoms with van der Waals surface area (Å²) in [7, 11) is 0. The maximum Gasteiger partial charge on any atom is 0.258 e. The number of β-amino-alcohol motifs (C(OH)–C–C–N with tert-alkyl or cyclic N) is 1. The Morgan fingerprint density at radius 3 is 2.41 bits per heavy atom.